The van der Waals surface area contributed by atoms with Crippen molar-refractivity contribution in [3.63, 3.8) is 0 Å². The second-order valence-electron chi connectivity index (χ2n) is 21.7. The van der Waals surface area contributed by atoms with Gasteiger partial charge in [-0.2, -0.15) is 0 Å². The summed E-state index contributed by atoms with van der Waals surface area (Å²) in [5, 5.41) is 0. The summed E-state index contributed by atoms with van der Waals surface area (Å²) in [5.74, 6) is 0. The summed E-state index contributed by atoms with van der Waals surface area (Å²) in [6.45, 7) is 21.3. The first-order valence-corrected chi connectivity index (χ1v) is 23.3. The van der Waals surface area contributed by atoms with Crippen molar-refractivity contribution in [1.82, 2.24) is 0 Å². The second kappa shape index (κ2) is 12.3. The van der Waals surface area contributed by atoms with Crippen LogP contribution in [0.25, 0.3) is 0 Å². The number of hydrogen-bond acceptors (Lipinski definition) is 4. The van der Waals surface area contributed by atoms with Crippen LogP contribution >= 0.6 is 0 Å². The molecule has 0 aromatic heterocycles. The molecule has 6 aliphatic rings. The maximum absolute atomic E-state index is 2.61. The predicted molar refractivity (Wildman–Crippen MR) is 267 cm³/mol. The molecule has 0 fully saturated rings. The summed E-state index contributed by atoms with van der Waals surface area (Å²) in [6.07, 6.45) is 2.21. The van der Waals surface area contributed by atoms with Crippen molar-refractivity contribution in [2.24, 2.45) is 0 Å². The van der Waals surface area contributed by atoms with Crippen LogP contribution in [0.4, 0.5) is 56.9 Å². The van der Waals surface area contributed by atoms with Crippen LogP contribution in [0.1, 0.15) is 102 Å². The molecule has 0 saturated heterocycles. The molecule has 0 saturated carbocycles. The zero-order valence-corrected chi connectivity index (χ0v) is 38.0. The number of fused-ring (bicyclic) bond motifs is 16. The summed E-state index contributed by atoms with van der Waals surface area (Å²) in [7, 11) is 0. The summed E-state index contributed by atoms with van der Waals surface area (Å²) < 4.78 is 0. The largest absolute Gasteiger partial charge is 0.341 e. The molecular weight excluding hydrogens is 763 g/mol. The zero-order chi connectivity index (χ0) is 42.9. The van der Waals surface area contributed by atoms with Gasteiger partial charge in [0.25, 0.3) is 6.71 Å². The Hall–Kier alpha value is -6.20. The maximum Gasteiger partial charge on any atom is 0.252 e. The molecule has 0 aliphatic carbocycles. The summed E-state index contributed by atoms with van der Waals surface area (Å²) in [4.78, 5) is 10.4. The minimum absolute atomic E-state index is 0.0524. The van der Waals surface area contributed by atoms with Gasteiger partial charge in [-0.3, -0.25) is 0 Å². The van der Waals surface area contributed by atoms with E-state index in [2.05, 4.69) is 215 Å². The van der Waals surface area contributed by atoms with E-state index in [0.717, 1.165) is 25.9 Å². The fourth-order valence-electron chi connectivity index (χ4n) is 12.5. The average Bonchev–Trinajstić information content (AvgIpc) is 3.28. The van der Waals surface area contributed by atoms with Gasteiger partial charge in [-0.25, -0.2) is 0 Å². The molecule has 6 heterocycles. The van der Waals surface area contributed by atoms with Crippen LogP contribution in [-0.2, 0) is 21.7 Å². The van der Waals surface area contributed by atoms with Crippen molar-refractivity contribution < 1.29 is 0 Å². The lowest BCUT2D eigenvalue weighted by atomic mass is 9.33. The topological polar surface area (TPSA) is 13.0 Å². The molecular formula is C58H55BN4. The van der Waals surface area contributed by atoms with Gasteiger partial charge < -0.3 is 19.6 Å². The van der Waals surface area contributed by atoms with Crippen LogP contribution < -0.4 is 36.0 Å². The molecule has 12 bridgehead atoms. The normalized spacial score (nSPS) is 19.2. The van der Waals surface area contributed by atoms with E-state index in [9.17, 15) is 0 Å². The molecule has 0 amide bonds. The Labute approximate surface area is 373 Å². The average molecular weight is 819 g/mol. The van der Waals surface area contributed by atoms with E-state index >= 15 is 0 Å². The van der Waals surface area contributed by atoms with E-state index < -0.39 is 0 Å². The van der Waals surface area contributed by atoms with Gasteiger partial charge in [-0.15, -0.1) is 0 Å². The van der Waals surface area contributed by atoms with E-state index in [0.29, 0.717) is 0 Å². The summed E-state index contributed by atoms with van der Waals surface area (Å²) in [6, 6.07) is 55.4. The van der Waals surface area contributed by atoms with Crippen molar-refractivity contribution in [2.75, 3.05) is 32.7 Å². The van der Waals surface area contributed by atoms with Gasteiger partial charge >= 0.3 is 0 Å². The van der Waals surface area contributed by atoms with Crippen molar-refractivity contribution in [1.29, 1.82) is 0 Å². The van der Waals surface area contributed by atoms with Crippen LogP contribution in [0.5, 0.6) is 0 Å². The molecule has 7 aromatic carbocycles. The van der Waals surface area contributed by atoms with Crippen LogP contribution in [-0.4, -0.2) is 19.8 Å². The van der Waals surface area contributed by atoms with Crippen LogP contribution in [0.2, 0.25) is 0 Å². The Bertz CT molecular complexity index is 2930. The third-order valence-electron chi connectivity index (χ3n) is 16.6. The molecule has 0 spiro atoms. The van der Waals surface area contributed by atoms with Gasteiger partial charge in [0.1, 0.15) is 0 Å². The molecule has 7 aromatic rings. The minimum atomic E-state index is -0.220. The quantitative estimate of drug-likeness (QED) is 0.141. The molecule has 4 nitrogen and oxygen atoms in total. The molecule has 0 radical (unpaired) electrons. The lowest BCUT2D eigenvalue weighted by Crippen LogP contribution is -2.61. The Morgan fingerprint density at radius 1 is 0.381 bits per heavy atom. The Morgan fingerprint density at radius 3 is 1.27 bits per heavy atom. The smallest absolute Gasteiger partial charge is 0.252 e. The highest BCUT2D eigenvalue weighted by atomic mass is 15.2. The van der Waals surface area contributed by atoms with Gasteiger partial charge in [0, 0.05) is 80.8 Å². The van der Waals surface area contributed by atoms with Crippen molar-refractivity contribution >= 4 is 80.0 Å². The monoisotopic (exact) mass is 818 g/mol. The molecule has 63 heavy (non-hydrogen) atoms. The standard InChI is InChI=1S/C58H55BN4/c1-55(2)26-28-60-40-14-9-12-36(30-40)57(5,6)38-18-24-46-52(32-38)62(42-20-22-44(55)50(60)34-42)48-16-11-17-49-54(48)59(46)47-25-19-39-33-53(47)63(49)43-21-23-45-51(35-43)61(29-27-56(45,3)4)41-15-10-13-37(31-41)58(39,7)8/h9-25,30-35H,26-29H2,1-8H3. The lowest BCUT2D eigenvalue weighted by molar-refractivity contribution is 0.467. The van der Waals surface area contributed by atoms with E-state index in [1.54, 1.807) is 0 Å². The Kier molecular flexibility index (Phi) is 7.29. The highest BCUT2D eigenvalue weighted by molar-refractivity contribution is 7.00. The third kappa shape index (κ3) is 5.00. The molecule has 310 valence electrons. The second-order valence-corrected chi connectivity index (χ2v) is 21.7. The van der Waals surface area contributed by atoms with Crippen molar-refractivity contribution in [3.05, 3.63) is 173 Å². The molecule has 13 rings (SSSR count). The van der Waals surface area contributed by atoms with Gasteiger partial charge in [0.05, 0.1) is 0 Å². The summed E-state index contributed by atoms with van der Waals surface area (Å²) in [5.41, 5.74) is 24.6. The van der Waals surface area contributed by atoms with E-state index in [4.69, 9.17) is 0 Å². The number of nitrogens with zero attached hydrogens (tertiary/aromatic N) is 4. The van der Waals surface area contributed by atoms with E-state index in [-0.39, 0.29) is 28.4 Å². The fraction of sp³-hybridized carbons (Fsp3) is 0.276. The highest BCUT2D eigenvalue weighted by Crippen LogP contribution is 2.52. The van der Waals surface area contributed by atoms with Gasteiger partial charge in [0.2, 0.25) is 0 Å². The third-order valence-corrected chi connectivity index (χ3v) is 16.6. The van der Waals surface area contributed by atoms with Crippen molar-refractivity contribution in [3.8, 4) is 0 Å². The van der Waals surface area contributed by atoms with Gasteiger partial charge in [-0.05, 0) is 146 Å². The molecule has 0 unspecified atom stereocenters. The number of rotatable bonds is 0. The Balaban J connectivity index is 1.12. The van der Waals surface area contributed by atoms with Gasteiger partial charge in [-0.1, -0.05) is 122 Å². The van der Waals surface area contributed by atoms with Crippen molar-refractivity contribution in [2.45, 2.75) is 89.9 Å². The predicted octanol–water partition coefficient (Wildman–Crippen LogP) is 12.7. The molecule has 0 N–H and O–H groups in total. The first-order valence-electron chi connectivity index (χ1n) is 23.3. The lowest BCUT2D eigenvalue weighted by Gasteiger charge is -2.46. The van der Waals surface area contributed by atoms with E-state index in [1.165, 1.54) is 107 Å². The van der Waals surface area contributed by atoms with Crippen LogP contribution in [0.3, 0.4) is 0 Å². The summed E-state index contributed by atoms with van der Waals surface area (Å²) >= 11 is 0. The van der Waals surface area contributed by atoms with Crippen LogP contribution in [0, 0.1) is 0 Å². The zero-order valence-electron chi connectivity index (χ0n) is 38.0. The minimum Gasteiger partial charge on any atom is -0.341 e. The molecule has 0 atom stereocenters. The van der Waals surface area contributed by atoms with Crippen LogP contribution in [0.15, 0.2) is 140 Å². The molecule has 6 aliphatic heterocycles. The maximum atomic E-state index is 2.61. The highest BCUT2D eigenvalue weighted by Gasteiger charge is 2.46. The first kappa shape index (κ1) is 37.4. The molecule has 5 heteroatoms. The van der Waals surface area contributed by atoms with E-state index in [1.807, 2.05) is 0 Å². The van der Waals surface area contributed by atoms with Gasteiger partial charge in [0.15, 0.2) is 0 Å². The first-order chi connectivity index (χ1) is 30.2. The fourth-order valence-corrected chi connectivity index (χ4v) is 12.5. The number of anilines is 10. The SMILES string of the molecule is CC1(C)CCN2c3cccc(c3)C(C)(C)c3ccc4c(c3)N(c3ccc1c2c3)c1cccc2c1B4c1ccc3cc1N2c1ccc2c(c1)N(CCC2(C)C)c1cccc(c1)C3(C)C. The Morgan fingerprint density at radius 2 is 0.810 bits per heavy atom. The number of hydrogen-bond donors (Lipinski definition) is 0. The number of benzene rings is 7.